The van der Waals surface area contributed by atoms with Crippen molar-refractivity contribution in [2.24, 2.45) is 23.5 Å². The van der Waals surface area contributed by atoms with E-state index in [9.17, 15) is 24.3 Å². The van der Waals surface area contributed by atoms with Crippen molar-refractivity contribution < 1.29 is 48.0 Å². The van der Waals surface area contributed by atoms with Crippen molar-refractivity contribution in [3.63, 3.8) is 0 Å². The normalized spacial score (nSPS) is 14.7. The zero-order chi connectivity index (χ0) is 31.6. The number of benzene rings is 2. The number of aliphatic carboxylic acids is 1. The molecule has 0 spiro atoms. The first-order valence-electron chi connectivity index (χ1n) is 13.8. The summed E-state index contributed by atoms with van der Waals surface area (Å²) in [5.74, 6) is -3.69. The van der Waals surface area contributed by atoms with Crippen molar-refractivity contribution in [2.75, 3.05) is 6.61 Å². The Balaban J connectivity index is 2.40. The van der Waals surface area contributed by atoms with Crippen LogP contribution in [0.15, 0.2) is 48.5 Å². The van der Waals surface area contributed by atoms with Crippen LogP contribution in [0.5, 0.6) is 11.5 Å². The van der Waals surface area contributed by atoms with Crippen molar-refractivity contribution in [3.8, 4) is 11.5 Å². The Labute approximate surface area is 246 Å². The van der Waals surface area contributed by atoms with Crippen molar-refractivity contribution in [2.45, 2.75) is 72.6 Å². The van der Waals surface area contributed by atoms with E-state index in [1.165, 1.54) is 18.2 Å². The summed E-state index contributed by atoms with van der Waals surface area (Å²) in [4.78, 5) is 49.5. The Morgan fingerprint density at radius 1 is 0.762 bits per heavy atom. The molecule has 0 aliphatic heterocycles. The van der Waals surface area contributed by atoms with Gasteiger partial charge in [-0.1, -0.05) is 58.9 Å². The van der Waals surface area contributed by atoms with Crippen LogP contribution in [0.25, 0.3) is 0 Å². The van der Waals surface area contributed by atoms with E-state index >= 15 is 0 Å². The molecule has 0 saturated carbocycles. The number of esters is 1. The predicted octanol–water partition coefficient (Wildman–Crippen LogP) is 5.80. The van der Waals surface area contributed by atoms with Crippen LogP contribution in [0.4, 0.5) is 9.59 Å². The van der Waals surface area contributed by atoms with Gasteiger partial charge in [0.1, 0.15) is 18.2 Å². The molecule has 5 atom stereocenters. The van der Waals surface area contributed by atoms with Crippen LogP contribution in [0.2, 0.25) is 0 Å². The molecule has 11 heteroatoms. The number of carbonyl (C=O) groups is 4. The quantitative estimate of drug-likeness (QED) is 0.166. The fourth-order valence-electron chi connectivity index (χ4n) is 3.71. The topological polar surface area (TPSA) is 161 Å². The molecule has 0 amide bonds. The zero-order valence-electron chi connectivity index (χ0n) is 25.1. The van der Waals surface area contributed by atoms with Gasteiger partial charge in [0.2, 0.25) is 0 Å². The number of carboxylic acid groups (broad SMARTS) is 1. The molecule has 2 rings (SSSR count). The van der Waals surface area contributed by atoms with E-state index in [4.69, 9.17) is 29.4 Å². The highest BCUT2D eigenvalue weighted by Gasteiger charge is 2.33. The molecule has 42 heavy (non-hydrogen) atoms. The van der Waals surface area contributed by atoms with Crippen LogP contribution in [0.1, 0.15) is 70.3 Å². The van der Waals surface area contributed by atoms with Gasteiger partial charge in [-0.05, 0) is 61.4 Å². The summed E-state index contributed by atoms with van der Waals surface area (Å²) in [6, 6.07) is 11.1. The average Bonchev–Trinajstić information content (AvgIpc) is 2.93. The maximum Gasteiger partial charge on any atom is 0.514 e. The van der Waals surface area contributed by atoms with E-state index < -0.39 is 54.3 Å². The molecule has 0 aliphatic carbocycles. The lowest BCUT2D eigenvalue weighted by Crippen LogP contribution is -2.40. The number of rotatable bonds is 13. The Morgan fingerprint density at radius 3 is 1.79 bits per heavy atom. The molecule has 0 saturated heterocycles. The molecule has 0 aliphatic rings. The molecule has 0 fully saturated rings. The van der Waals surface area contributed by atoms with Gasteiger partial charge in [0.15, 0.2) is 11.5 Å². The first-order chi connectivity index (χ1) is 19.7. The molecule has 2 aromatic rings. The van der Waals surface area contributed by atoms with Crippen LogP contribution in [-0.4, -0.2) is 54.2 Å². The average molecular weight is 588 g/mol. The minimum atomic E-state index is -1.42. The van der Waals surface area contributed by atoms with Gasteiger partial charge < -0.3 is 34.5 Å². The van der Waals surface area contributed by atoms with Gasteiger partial charge in [0.05, 0.1) is 12.2 Å². The van der Waals surface area contributed by atoms with Gasteiger partial charge in [-0.3, -0.25) is 4.79 Å². The minimum absolute atomic E-state index is 0.00416. The third kappa shape index (κ3) is 10.1. The smallest absolute Gasteiger partial charge is 0.480 e. The van der Waals surface area contributed by atoms with E-state index in [0.717, 1.165) is 0 Å². The van der Waals surface area contributed by atoms with Crippen LogP contribution in [-0.2, 0) is 19.0 Å². The highest BCUT2D eigenvalue weighted by Crippen LogP contribution is 2.36. The molecular formula is C31H41NO10. The van der Waals surface area contributed by atoms with E-state index in [1.807, 2.05) is 27.7 Å². The highest BCUT2D eigenvalue weighted by atomic mass is 16.7. The summed E-state index contributed by atoms with van der Waals surface area (Å²) in [7, 11) is 0. The monoisotopic (exact) mass is 587 g/mol. The largest absolute Gasteiger partial charge is 0.514 e. The lowest BCUT2D eigenvalue weighted by atomic mass is 9.82. The maximum atomic E-state index is 12.6. The van der Waals surface area contributed by atoms with E-state index in [-0.39, 0.29) is 29.9 Å². The summed E-state index contributed by atoms with van der Waals surface area (Å²) in [6.07, 6.45) is -2.99. The molecule has 0 radical (unpaired) electrons. The lowest BCUT2D eigenvalue weighted by molar-refractivity contribution is -0.139. The lowest BCUT2D eigenvalue weighted by Gasteiger charge is -2.28. The second-order valence-corrected chi connectivity index (χ2v) is 10.9. The summed E-state index contributed by atoms with van der Waals surface area (Å²) in [6.45, 7) is 12.4. The summed E-state index contributed by atoms with van der Waals surface area (Å²) in [5.41, 5.74) is 6.76. The van der Waals surface area contributed by atoms with E-state index in [0.29, 0.717) is 11.1 Å². The molecule has 3 N–H and O–H groups in total. The Morgan fingerprint density at radius 2 is 1.29 bits per heavy atom. The highest BCUT2D eigenvalue weighted by molar-refractivity contribution is 5.89. The zero-order valence-corrected chi connectivity index (χ0v) is 25.1. The van der Waals surface area contributed by atoms with Crippen molar-refractivity contribution in [3.05, 3.63) is 59.7 Å². The number of carboxylic acids is 1. The second-order valence-electron chi connectivity index (χ2n) is 10.9. The van der Waals surface area contributed by atoms with Gasteiger partial charge in [0.25, 0.3) is 0 Å². The number of hydrogen-bond acceptors (Lipinski definition) is 10. The number of hydrogen-bond donors (Lipinski definition) is 2. The van der Waals surface area contributed by atoms with Crippen molar-refractivity contribution >= 4 is 24.2 Å². The third-order valence-corrected chi connectivity index (χ3v) is 6.95. The SMILES string of the molecule is CC(C)C(C)OC(=O)Oc1ccc(C(C(C)COC(=O)c2ccccc2)[C@H](N)C(=O)O)cc1OC(=O)OC(C)C(C)C. The molecule has 0 bridgehead atoms. The van der Waals surface area contributed by atoms with E-state index in [2.05, 4.69) is 0 Å². The van der Waals surface area contributed by atoms with Gasteiger partial charge in [0, 0.05) is 5.92 Å². The maximum absolute atomic E-state index is 12.6. The standard InChI is InChI=1S/C31H41NO10/c1-17(2)20(6)39-30(36)41-24-14-13-23(15-25(24)42-31(37)40-21(7)18(3)4)26(27(32)28(33)34)19(5)16-38-29(35)22-11-9-8-10-12-22/h8-15,17-21,26-27H,16,32H2,1-7H3,(H,33,34)/t19?,20?,21?,26?,27-/m0/s1. The van der Waals surface area contributed by atoms with E-state index in [1.54, 1.807) is 51.1 Å². The fraction of sp³-hybridized carbons (Fsp3) is 0.484. The Hall–Kier alpha value is -4.12. The van der Waals surface area contributed by atoms with Gasteiger partial charge in [-0.2, -0.15) is 0 Å². The Kier molecular flexibility index (Phi) is 12.8. The predicted molar refractivity (Wildman–Crippen MR) is 154 cm³/mol. The number of carbonyl (C=O) groups excluding carboxylic acids is 3. The van der Waals surface area contributed by atoms with Crippen LogP contribution >= 0.6 is 0 Å². The summed E-state index contributed by atoms with van der Waals surface area (Å²) < 4.78 is 26.8. The van der Waals surface area contributed by atoms with Crippen LogP contribution in [0, 0.1) is 17.8 Å². The molecule has 11 nitrogen and oxygen atoms in total. The van der Waals surface area contributed by atoms with Gasteiger partial charge in [-0.25, -0.2) is 14.4 Å². The van der Waals surface area contributed by atoms with Gasteiger partial charge >= 0.3 is 24.2 Å². The first kappa shape index (κ1) is 34.1. The Bertz CT molecular complexity index is 1210. The minimum Gasteiger partial charge on any atom is -0.480 e. The summed E-state index contributed by atoms with van der Waals surface area (Å²) in [5, 5.41) is 9.76. The van der Waals surface area contributed by atoms with Crippen molar-refractivity contribution in [1.82, 2.24) is 0 Å². The number of ether oxygens (including phenoxy) is 5. The summed E-state index contributed by atoms with van der Waals surface area (Å²) >= 11 is 0. The van der Waals surface area contributed by atoms with Crippen LogP contribution < -0.4 is 15.2 Å². The molecule has 0 heterocycles. The van der Waals surface area contributed by atoms with Gasteiger partial charge in [-0.15, -0.1) is 0 Å². The number of nitrogens with two attached hydrogens (primary N) is 1. The molecule has 4 unspecified atom stereocenters. The molecular weight excluding hydrogens is 546 g/mol. The van der Waals surface area contributed by atoms with Crippen molar-refractivity contribution in [1.29, 1.82) is 0 Å². The third-order valence-electron chi connectivity index (χ3n) is 6.95. The molecule has 0 aromatic heterocycles. The van der Waals surface area contributed by atoms with Crippen LogP contribution in [0.3, 0.4) is 0 Å². The molecule has 230 valence electrons. The fourth-order valence-corrected chi connectivity index (χ4v) is 3.71. The second kappa shape index (κ2) is 15.8. The first-order valence-corrected chi connectivity index (χ1v) is 13.8. The molecule has 2 aromatic carbocycles.